The van der Waals surface area contributed by atoms with Crippen molar-refractivity contribution in [1.82, 2.24) is 4.90 Å². The van der Waals surface area contributed by atoms with Gasteiger partial charge in [0.2, 0.25) is 0 Å². The summed E-state index contributed by atoms with van der Waals surface area (Å²) in [7, 11) is 0. The third-order valence-corrected chi connectivity index (χ3v) is 3.91. The molecule has 0 spiro atoms. The number of likely N-dealkylation sites (tertiary alicyclic amines) is 1. The minimum absolute atomic E-state index is 0.0944. The summed E-state index contributed by atoms with van der Waals surface area (Å²) in [5.41, 5.74) is 0. The highest BCUT2D eigenvalue weighted by Crippen LogP contribution is 2.31. The number of hydrogen-bond donors (Lipinski definition) is 1. The molecule has 3 nitrogen and oxygen atoms in total. The van der Waals surface area contributed by atoms with E-state index in [2.05, 4.69) is 4.90 Å². The van der Waals surface area contributed by atoms with Crippen molar-refractivity contribution < 1.29 is 9.90 Å². The summed E-state index contributed by atoms with van der Waals surface area (Å²) >= 11 is 0. The van der Waals surface area contributed by atoms with Crippen LogP contribution >= 0.6 is 0 Å². The molecule has 0 radical (unpaired) electrons. The summed E-state index contributed by atoms with van der Waals surface area (Å²) in [5, 5.41) is 9.16. The van der Waals surface area contributed by atoms with Crippen LogP contribution in [0.5, 0.6) is 0 Å². The zero-order valence-corrected chi connectivity index (χ0v) is 9.32. The Labute approximate surface area is 91.5 Å². The molecule has 0 aromatic carbocycles. The molecule has 0 bridgehead atoms. The molecule has 15 heavy (non-hydrogen) atoms. The minimum Gasteiger partial charge on any atom is -0.481 e. The van der Waals surface area contributed by atoms with Crippen LogP contribution in [0.4, 0.5) is 0 Å². The quantitative estimate of drug-likeness (QED) is 0.760. The fourth-order valence-corrected chi connectivity index (χ4v) is 3.09. The smallest absolute Gasteiger partial charge is 0.308 e. The third-order valence-electron chi connectivity index (χ3n) is 3.91. The van der Waals surface area contributed by atoms with Crippen LogP contribution in [0.2, 0.25) is 0 Å². The van der Waals surface area contributed by atoms with E-state index in [4.69, 9.17) is 5.11 Å². The van der Waals surface area contributed by atoms with Crippen molar-refractivity contribution in [3.8, 4) is 0 Å². The second-order valence-electron chi connectivity index (χ2n) is 4.89. The predicted molar refractivity (Wildman–Crippen MR) is 58.8 cm³/mol. The van der Waals surface area contributed by atoms with Gasteiger partial charge in [0.15, 0.2) is 0 Å². The van der Waals surface area contributed by atoms with Crippen LogP contribution in [-0.2, 0) is 4.79 Å². The van der Waals surface area contributed by atoms with Crippen LogP contribution in [0, 0.1) is 5.92 Å². The first-order valence-corrected chi connectivity index (χ1v) is 6.26. The molecule has 1 aliphatic carbocycles. The monoisotopic (exact) mass is 211 g/mol. The molecule has 1 saturated heterocycles. The van der Waals surface area contributed by atoms with Crippen LogP contribution < -0.4 is 0 Å². The van der Waals surface area contributed by atoms with E-state index in [9.17, 15) is 4.79 Å². The maximum absolute atomic E-state index is 11.1. The molecule has 2 fully saturated rings. The van der Waals surface area contributed by atoms with Crippen LogP contribution in [0.3, 0.4) is 0 Å². The molecule has 0 aromatic rings. The number of carboxylic acids is 1. The lowest BCUT2D eigenvalue weighted by Crippen LogP contribution is -2.41. The predicted octanol–water partition coefficient (Wildman–Crippen LogP) is 2.12. The summed E-state index contributed by atoms with van der Waals surface area (Å²) < 4.78 is 0. The summed E-state index contributed by atoms with van der Waals surface area (Å²) in [6.07, 6.45) is 8.22. The van der Waals surface area contributed by atoms with E-state index in [1.807, 2.05) is 0 Å². The number of rotatable bonds is 2. The van der Waals surface area contributed by atoms with Gasteiger partial charge in [-0.2, -0.15) is 0 Å². The summed E-state index contributed by atoms with van der Waals surface area (Å²) in [5.74, 6) is -0.676. The maximum Gasteiger partial charge on any atom is 0.308 e. The molecular weight excluding hydrogens is 190 g/mol. The van der Waals surface area contributed by atoms with Gasteiger partial charge in [0.1, 0.15) is 0 Å². The first kappa shape index (κ1) is 10.9. The highest BCUT2D eigenvalue weighted by atomic mass is 16.4. The molecule has 2 unspecified atom stereocenters. The zero-order chi connectivity index (χ0) is 10.7. The van der Waals surface area contributed by atoms with Crippen molar-refractivity contribution in [1.29, 1.82) is 0 Å². The van der Waals surface area contributed by atoms with Gasteiger partial charge in [-0.15, -0.1) is 0 Å². The first-order valence-electron chi connectivity index (χ1n) is 6.26. The second kappa shape index (κ2) is 4.97. The Kier molecular flexibility index (Phi) is 3.62. The Morgan fingerprint density at radius 1 is 1.00 bits per heavy atom. The molecule has 2 rings (SSSR count). The minimum atomic E-state index is -0.582. The fourth-order valence-electron chi connectivity index (χ4n) is 3.09. The summed E-state index contributed by atoms with van der Waals surface area (Å²) in [6, 6.07) is 0.334. The summed E-state index contributed by atoms with van der Waals surface area (Å²) in [6.45, 7) is 2.24. The fraction of sp³-hybridized carbons (Fsp3) is 0.917. The molecule has 1 heterocycles. The lowest BCUT2D eigenvalue weighted by molar-refractivity contribution is -0.143. The van der Waals surface area contributed by atoms with E-state index in [0.717, 1.165) is 32.4 Å². The maximum atomic E-state index is 11.1. The van der Waals surface area contributed by atoms with Gasteiger partial charge in [-0.25, -0.2) is 0 Å². The van der Waals surface area contributed by atoms with Gasteiger partial charge in [0.25, 0.3) is 0 Å². The number of nitrogens with zero attached hydrogens (tertiary/aromatic N) is 1. The van der Waals surface area contributed by atoms with Crippen LogP contribution in [0.15, 0.2) is 0 Å². The molecule has 86 valence electrons. The van der Waals surface area contributed by atoms with E-state index >= 15 is 0 Å². The number of carboxylic acid groups (broad SMARTS) is 1. The van der Waals surface area contributed by atoms with Crippen LogP contribution in [0.1, 0.15) is 44.9 Å². The van der Waals surface area contributed by atoms with Gasteiger partial charge < -0.3 is 5.11 Å². The zero-order valence-electron chi connectivity index (χ0n) is 9.32. The highest BCUT2D eigenvalue weighted by molar-refractivity contribution is 5.71. The van der Waals surface area contributed by atoms with Crippen molar-refractivity contribution in [3.05, 3.63) is 0 Å². The van der Waals surface area contributed by atoms with E-state index in [1.165, 1.54) is 25.7 Å². The lowest BCUT2D eigenvalue weighted by Gasteiger charge is -2.30. The average Bonchev–Trinajstić information content (AvgIpc) is 2.55. The Bertz CT molecular complexity index is 222. The Morgan fingerprint density at radius 2 is 1.67 bits per heavy atom. The molecule has 1 N–H and O–H groups in total. The molecular formula is C12H21NO2. The van der Waals surface area contributed by atoms with Crippen molar-refractivity contribution in [2.24, 2.45) is 5.92 Å². The van der Waals surface area contributed by atoms with Gasteiger partial charge in [0.05, 0.1) is 5.92 Å². The van der Waals surface area contributed by atoms with Crippen molar-refractivity contribution in [2.45, 2.75) is 51.0 Å². The molecule has 2 atom stereocenters. The number of aliphatic carboxylic acids is 1. The second-order valence-corrected chi connectivity index (χ2v) is 4.89. The molecule has 2 aliphatic rings. The Balaban J connectivity index is 1.97. The molecule has 1 aliphatic heterocycles. The van der Waals surface area contributed by atoms with Crippen LogP contribution in [0.25, 0.3) is 0 Å². The topological polar surface area (TPSA) is 40.5 Å². The molecule has 0 aromatic heterocycles. The van der Waals surface area contributed by atoms with Crippen molar-refractivity contribution >= 4 is 5.97 Å². The van der Waals surface area contributed by atoms with E-state index < -0.39 is 5.97 Å². The largest absolute Gasteiger partial charge is 0.481 e. The van der Waals surface area contributed by atoms with Gasteiger partial charge in [-0.3, -0.25) is 9.69 Å². The standard InChI is InChI=1S/C12H21NO2/c14-12(15)10-6-5-7-11(10)13-8-3-1-2-4-9-13/h10-11H,1-9H2,(H,14,15). The highest BCUT2D eigenvalue weighted by Gasteiger charge is 2.36. The Morgan fingerprint density at radius 3 is 2.27 bits per heavy atom. The van der Waals surface area contributed by atoms with Crippen molar-refractivity contribution in [2.75, 3.05) is 13.1 Å². The van der Waals surface area contributed by atoms with E-state index in [1.54, 1.807) is 0 Å². The van der Waals surface area contributed by atoms with Gasteiger partial charge in [-0.05, 0) is 38.8 Å². The average molecular weight is 211 g/mol. The van der Waals surface area contributed by atoms with Gasteiger partial charge in [0, 0.05) is 6.04 Å². The SMILES string of the molecule is O=C(O)C1CCCC1N1CCCCCC1. The number of hydrogen-bond acceptors (Lipinski definition) is 2. The molecule has 3 heteroatoms. The van der Waals surface area contributed by atoms with E-state index in [-0.39, 0.29) is 5.92 Å². The lowest BCUT2D eigenvalue weighted by atomic mass is 10.0. The van der Waals surface area contributed by atoms with Crippen LogP contribution in [-0.4, -0.2) is 35.1 Å². The molecule has 1 saturated carbocycles. The first-order chi connectivity index (χ1) is 7.29. The summed E-state index contributed by atoms with van der Waals surface area (Å²) in [4.78, 5) is 13.6. The normalized spacial score (nSPS) is 33.9. The Hall–Kier alpha value is -0.570. The van der Waals surface area contributed by atoms with Gasteiger partial charge >= 0.3 is 5.97 Å². The van der Waals surface area contributed by atoms with E-state index in [0.29, 0.717) is 6.04 Å². The van der Waals surface area contributed by atoms with Crippen molar-refractivity contribution in [3.63, 3.8) is 0 Å². The number of carbonyl (C=O) groups is 1. The third kappa shape index (κ3) is 2.51. The van der Waals surface area contributed by atoms with Gasteiger partial charge in [-0.1, -0.05) is 19.3 Å². The molecule has 0 amide bonds.